The number of amides is 1. The number of pyridine rings is 1. The summed E-state index contributed by atoms with van der Waals surface area (Å²) >= 11 is 3.55. The van der Waals surface area contributed by atoms with E-state index in [-0.39, 0.29) is 53.6 Å². The molecule has 0 aliphatic carbocycles. The van der Waals surface area contributed by atoms with Crippen LogP contribution in [0.2, 0.25) is 0 Å². The van der Waals surface area contributed by atoms with Crippen molar-refractivity contribution in [3.8, 4) is 0 Å². The smallest absolute Gasteiger partial charge is 0.264 e. The molecule has 1 aromatic heterocycles. The van der Waals surface area contributed by atoms with Gasteiger partial charge in [0.1, 0.15) is 5.56 Å². The minimum atomic E-state index is -3.13. The monoisotopic (exact) mass is 582 g/mol. The van der Waals surface area contributed by atoms with Crippen LogP contribution in [0.4, 0.5) is 0 Å². The van der Waals surface area contributed by atoms with Gasteiger partial charge in [0.05, 0.1) is 17.5 Å². The van der Waals surface area contributed by atoms with Crippen LogP contribution < -0.4 is 16.2 Å². The Balaban J connectivity index is 1.43. The maximum Gasteiger partial charge on any atom is 0.264 e. The predicted molar refractivity (Wildman–Crippen MR) is 144 cm³/mol. The Bertz CT molecular complexity index is 1280. The van der Waals surface area contributed by atoms with Crippen LogP contribution in [-0.4, -0.2) is 78.4 Å². The van der Waals surface area contributed by atoms with Gasteiger partial charge in [-0.25, -0.2) is 8.42 Å². The van der Waals surface area contributed by atoms with Crippen molar-refractivity contribution < 1.29 is 18.3 Å². The molecule has 4 atom stereocenters. The van der Waals surface area contributed by atoms with Crippen LogP contribution in [0.1, 0.15) is 55.9 Å². The first kappa shape index (κ1) is 27.3. The Labute approximate surface area is 220 Å². The van der Waals surface area contributed by atoms with E-state index in [0.29, 0.717) is 6.54 Å². The molecule has 9 nitrogen and oxygen atoms in total. The van der Waals surface area contributed by atoms with Crippen molar-refractivity contribution in [2.45, 2.75) is 69.8 Å². The number of hydrogen-bond donors (Lipinski definition) is 3. The molecule has 0 saturated carbocycles. The minimum Gasteiger partial charge on any atom is -0.390 e. The van der Waals surface area contributed by atoms with E-state index in [2.05, 4.69) is 31.5 Å². The Morgan fingerprint density at radius 3 is 2.50 bits per heavy atom. The van der Waals surface area contributed by atoms with Crippen LogP contribution in [0.25, 0.3) is 10.9 Å². The van der Waals surface area contributed by atoms with Gasteiger partial charge in [0.15, 0.2) is 9.84 Å². The lowest BCUT2D eigenvalue weighted by molar-refractivity contribution is 0.0509. The Hall–Kier alpha value is -1.79. The molecule has 2 fully saturated rings. The van der Waals surface area contributed by atoms with Gasteiger partial charge in [-0.3, -0.25) is 14.5 Å². The number of nitrogens with one attached hydrogen (secondary N) is 2. The summed E-state index contributed by atoms with van der Waals surface area (Å²) in [6.07, 6.45) is 3.96. The van der Waals surface area contributed by atoms with Gasteiger partial charge < -0.3 is 20.3 Å². The fourth-order valence-electron chi connectivity index (χ4n) is 5.67. The maximum atomic E-state index is 13.3. The van der Waals surface area contributed by atoms with E-state index in [1.165, 1.54) is 0 Å². The molecule has 1 aromatic carbocycles. The van der Waals surface area contributed by atoms with Crippen molar-refractivity contribution in [3.63, 3.8) is 0 Å². The Kier molecular flexibility index (Phi) is 8.25. The second-order valence-corrected chi connectivity index (χ2v) is 13.4. The second-order valence-electron chi connectivity index (χ2n) is 10.4. The topological polar surface area (TPSA) is 121 Å². The Morgan fingerprint density at radius 2 is 1.89 bits per heavy atom. The van der Waals surface area contributed by atoms with Gasteiger partial charge in [-0.1, -0.05) is 22.0 Å². The second kappa shape index (κ2) is 10.9. The predicted octanol–water partition coefficient (Wildman–Crippen LogP) is 2.02. The number of carbonyl (C=O) groups excluding carboxylic acids is 1. The summed E-state index contributed by atoms with van der Waals surface area (Å²) in [6.45, 7) is 4.54. The number of hydrogen-bond acceptors (Lipinski definition) is 7. The van der Waals surface area contributed by atoms with Gasteiger partial charge >= 0.3 is 0 Å². The number of aliphatic hydroxyl groups excluding tert-OH is 1. The molecule has 2 aromatic rings. The molecular formula is C25H35BrN4O5S. The van der Waals surface area contributed by atoms with E-state index >= 15 is 0 Å². The van der Waals surface area contributed by atoms with Gasteiger partial charge in [0.2, 0.25) is 0 Å². The third-order valence-electron chi connectivity index (χ3n) is 7.17. The molecule has 0 radical (unpaired) electrons. The number of fused-ring (bicyclic) bond motifs is 3. The average molecular weight is 584 g/mol. The van der Waals surface area contributed by atoms with Crippen molar-refractivity contribution in [2.75, 3.05) is 25.2 Å². The molecule has 2 bridgehead atoms. The molecule has 0 unspecified atom stereocenters. The average Bonchev–Trinajstić information content (AvgIpc) is 2.99. The van der Waals surface area contributed by atoms with E-state index in [0.717, 1.165) is 47.3 Å². The highest BCUT2D eigenvalue weighted by Crippen LogP contribution is 2.36. The SMILES string of the molecule is CC(C)n1c(=O)c(C(=O)N[C@@H]2C[C@H]3CC[C@@H](C2)N3C[C@H](O)CNCS(C)(=O)=O)cc2c(Br)cccc21. The highest BCUT2D eigenvalue weighted by Gasteiger charge is 2.41. The van der Waals surface area contributed by atoms with Crippen molar-refractivity contribution in [1.82, 2.24) is 20.1 Å². The molecule has 36 heavy (non-hydrogen) atoms. The summed E-state index contributed by atoms with van der Waals surface area (Å²) in [5, 5.41) is 17.2. The summed E-state index contributed by atoms with van der Waals surface area (Å²) in [4.78, 5) is 28.9. The lowest BCUT2D eigenvalue weighted by Crippen LogP contribution is -2.53. The summed E-state index contributed by atoms with van der Waals surface area (Å²) < 4.78 is 25.1. The van der Waals surface area contributed by atoms with E-state index in [9.17, 15) is 23.1 Å². The largest absolute Gasteiger partial charge is 0.390 e. The summed E-state index contributed by atoms with van der Waals surface area (Å²) in [6, 6.07) is 7.67. The summed E-state index contributed by atoms with van der Waals surface area (Å²) in [7, 11) is -3.13. The van der Waals surface area contributed by atoms with Crippen LogP contribution in [0.15, 0.2) is 33.5 Å². The number of benzene rings is 1. The quantitative estimate of drug-likeness (QED) is 0.413. The van der Waals surface area contributed by atoms with Crippen molar-refractivity contribution in [2.24, 2.45) is 0 Å². The standard InChI is InChI=1S/C25H35BrN4O5S/c1-15(2)30-23-6-4-5-22(26)20(23)11-21(25(30)33)24(32)28-16-9-17-7-8-18(10-16)29(17)13-19(31)12-27-14-36(3,34)35/h4-6,11,15-19,27,31H,7-10,12-14H2,1-3H3,(H,28,32)/t16-,17-,18+,19-/m1/s1. The zero-order valence-corrected chi connectivity index (χ0v) is 23.3. The number of nitrogens with zero attached hydrogens (tertiary/aromatic N) is 2. The van der Waals surface area contributed by atoms with E-state index in [1.807, 2.05) is 32.0 Å². The van der Waals surface area contributed by atoms with Crippen molar-refractivity contribution in [3.05, 3.63) is 44.7 Å². The van der Waals surface area contributed by atoms with Gasteiger partial charge in [0.25, 0.3) is 11.5 Å². The molecule has 2 saturated heterocycles. The normalized spacial score (nSPS) is 23.3. The molecule has 1 amide bonds. The number of aliphatic hydroxyl groups is 1. The maximum absolute atomic E-state index is 13.3. The molecule has 198 valence electrons. The molecule has 0 spiro atoms. The minimum absolute atomic E-state index is 0.0476. The van der Waals surface area contributed by atoms with Crippen LogP contribution in [0.3, 0.4) is 0 Å². The van der Waals surface area contributed by atoms with Crippen LogP contribution >= 0.6 is 15.9 Å². The fourth-order valence-corrected chi connectivity index (χ4v) is 6.63. The Morgan fingerprint density at radius 1 is 1.22 bits per heavy atom. The molecule has 4 rings (SSSR count). The van der Waals surface area contributed by atoms with Gasteiger partial charge in [-0.05, 0) is 57.7 Å². The third-order valence-corrected chi connectivity index (χ3v) is 8.59. The fraction of sp³-hybridized carbons (Fsp3) is 0.600. The first-order valence-electron chi connectivity index (χ1n) is 12.4. The third kappa shape index (κ3) is 6.02. The van der Waals surface area contributed by atoms with E-state index < -0.39 is 15.9 Å². The number of halogens is 1. The van der Waals surface area contributed by atoms with Crippen LogP contribution in [0, 0.1) is 0 Å². The molecule has 3 heterocycles. The number of carbonyl (C=O) groups is 1. The van der Waals surface area contributed by atoms with Gasteiger partial charge in [-0.2, -0.15) is 0 Å². The van der Waals surface area contributed by atoms with Crippen molar-refractivity contribution >= 4 is 42.6 Å². The number of aromatic nitrogens is 1. The number of sulfone groups is 1. The summed E-state index contributed by atoms with van der Waals surface area (Å²) in [5.74, 6) is -0.510. The first-order valence-corrected chi connectivity index (χ1v) is 15.3. The molecule has 2 aliphatic rings. The lowest BCUT2D eigenvalue weighted by Gasteiger charge is -2.40. The highest BCUT2D eigenvalue weighted by atomic mass is 79.9. The van der Waals surface area contributed by atoms with Gasteiger partial charge in [-0.15, -0.1) is 0 Å². The van der Waals surface area contributed by atoms with Crippen molar-refractivity contribution in [1.29, 1.82) is 0 Å². The van der Waals surface area contributed by atoms with Crippen LogP contribution in [-0.2, 0) is 9.84 Å². The molecule has 11 heteroatoms. The lowest BCUT2D eigenvalue weighted by atomic mass is 9.96. The molecule has 2 aliphatic heterocycles. The van der Waals surface area contributed by atoms with Crippen LogP contribution in [0.5, 0.6) is 0 Å². The molecular weight excluding hydrogens is 548 g/mol. The van der Waals surface area contributed by atoms with Gasteiger partial charge in [0, 0.05) is 53.4 Å². The van der Waals surface area contributed by atoms with E-state index in [1.54, 1.807) is 10.6 Å². The molecule has 3 N–H and O–H groups in total. The number of rotatable bonds is 9. The summed E-state index contributed by atoms with van der Waals surface area (Å²) in [5.41, 5.74) is 0.639. The highest BCUT2D eigenvalue weighted by molar-refractivity contribution is 9.10. The zero-order chi connectivity index (χ0) is 26.2. The first-order chi connectivity index (χ1) is 16.9. The zero-order valence-electron chi connectivity index (χ0n) is 20.9. The number of piperidine rings is 1. The van der Waals surface area contributed by atoms with E-state index in [4.69, 9.17) is 0 Å².